The first-order valence-electron chi connectivity index (χ1n) is 16.7. The van der Waals surface area contributed by atoms with Crippen LogP contribution in [0.2, 0.25) is 0 Å². The van der Waals surface area contributed by atoms with Crippen molar-refractivity contribution >= 4 is 50.8 Å². The molecule has 6 aromatic carbocycles. The maximum Gasteiger partial charge on any atom is 0.240 e. The standard InChI is InChI=1S/C44H31N5Si/c1-5-17-32(18-6-1)41-46-42(48-44(47-41)49-40-29-14-13-27-38(40)39-28-16-30-45-43(39)49)33-19-15-26-37(31-33)50(34-20-7-2-8-21-34,35-22-9-3-10-23-35)36-24-11-4-12-25-36/h1-31H. The molecule has 0 spiro atoms. The summed E-state index contributed by atoms with van der Waals surface area (Å²) in [4.78, 5) is 20.3. The van der Waals surface area contributed by atoms with Gasteiger partial charge in [-0.2, -0.15) is 9.97 Å². The van der Waals surface area contributed by atoms with Crippen LogP contribution in [0, 0.1) is 0 Å². The first-order chi connectivity index (χ1) is 24.8. The van der Waals surface area contributed by atoms with Crippen molar-refractivity contribution < 1.29 is 0 Å². The molecule has 3 heterocycles. The number of fused-ring (bicyclic) bond motifs is 3. The van der Waals surface area contributed by atoms with E-state index in [0.717, 1.165) is 33.1 Å². The van der Waals surface area contributed by atoms with E-state index < -0.39 is 8.07 Å². The molecule has 5 nitrogen and oxygen atoms in total. The van der Waals surface area contributed by atoms with Crippen molar-refractivity contribution in [3.05, 3.63) is 188 Å². The van der Waals surface area contributed by atoms with E-state index in [1.807, 2.05) is 48.7 Å². The third-order valence-corrected chi connectivity index (χ3v) is 14.2. The highest BCUT2D eigenvalue weighted by molar-refractivity contribution is 7.19. The maximum atomic E-state index is 5.23. The van der Waals surface area contributed by atoms with Gasteiger partial charge in [-0.3, -0.25) is 4.57 Å². The zero-order chi connectivity index (χ0) is 33.3. The summed E-state index contributed by atoms with van der Waals surface area (Å²) >= 11 is 0. The van der Waals surface area contributed by atoms with Gasteiger partial charge in [0.15, 0.2) is 19.7 Å². The van der Waals surface area contributed by atoms with Crippen LogP contribution in [0.1, 0.15) is 0 Å². The van der Waals surface area contributed by atoms with Crippen LogP contribution in [0.15, 0.2) is 188 Å². The minimum atomic E-state index is -2.77. The number of aromatic nitrogens is 5. The van der Waals surface area contributed by atoms with E-state index in [0.29, 0.717) is 17.6 Å². The molecule has 50 heavy (non-hydrogen) atoms. The Kier molecular flexibility index (Phi) is 7.41. The number of hydrogen-bond acceptors (Lipinski definition) is 4. The molecule has 0 aliphatic carbocycles. The van der Waals surface area contributed by atoms with Gasteiger partial charge >= 0.3 is 0 Å². The van der Waals surface area contributed by atoms with Crippen LogP contribution in [0.4, 0.5) is 0 Å². The number of rotatable bonds is 7. The third kappa shape index (κ3) is 4.93. The van der Waals surface area contributed by atoms with E-state index >= 15 is 0 Å². The topological polar surface area (TPSA) is 56.5 Å². The Morgan fingerprint density at radius 1 is 0.400 bits per heavy atom. The quantitative estimate of drug-likeness (QED) is 0.136. The number of pyridine rings is 1. The van der Waals surface area contributed by atoms with Gasteiger partial charge in [-0.15, -0.1) is 0 Å². The van der Waals surface area contributed by atoms with Crippen molar-refractivity contribution in [1.82, 2.24) is 24.5 Å². The van der Waals surface area contributed by atoms with Gasteiger partial charge in [-0.25, -0.2) is 9.97 Å². The lowest BCUT2D eigenvalue weighted by Crippen LogP contribution is -2.74. The van der Waals surface area contributed by atoms with Gasteiger partial charge < -0.3 is 0 Å². The molecule has 9 rings (SSSR count). The molecule has 0 aliphatic rings. The molecule has 0 fully saturated rings. The van der Waals surface area contributed by atoms with Gasteiger partial charge in [-0.1, -0.05) is 164 Å². The predicted octanol–water partition coefficient (Wildman–Crippen LogP) is 7.08. The monoisotopic (exact) mass is 657 g/mol. The maximum absolute atomic E-state index is 5.23. The lowest BCUT2D eigenvalue weighted by atomic mass is 10.2. The second kappa shape index (κ2) is 12.5. The second-order valence-corrected chi connectivity index (χ2v) is 16.1. The summed E-state index contributed by atoms with van der Waals surface area (Å²) in [6, 6.07) is 64.2. The summed E-state index contributed by atoms with van der Waals surface area (Å²) in [7, 11) is -2.77. The lowest BCUT2D eigenvalue weighted by molar-refractivity contribution is 0.944. The SMILES string of the molecule is c1ccc(-c2nc(-c3cccc([Si](c4ccccc4)(c4ccccc4)c4ccccc4)c3)nc(-n3c4ccccc4c4cccnc43)n2)cc1. The van der Waals surface area contributed by atoms with E-state index in [2.05, 4.69) is 144 Å². The van der Waals surface area contributed by atoms with Gasteiger partial charge in [0.2, 0.25) is 5.95 Å². The third-order valence-electron chi connectivity index (χ3n) is 9.46. The summed E-state index contributed by atoms with van der Waals surface area (Å²) in [6.45, 7) is 0. The zero-order valence-corrected chi connectivity index (χ0v) is 28.1. The van der Waals surface area contributed by atoms with Gasteiger partial charge in [0, 0.05) is 28.1 Å². The summed E-state index contributed by atoms with van der Waals surface area (Å²) in [5.41, 5.74) is 3.65. The van der Waals surface area contributed by atoms with Crippen LogP contribution in [0.25, 0.3) is 50.7 Å². The summed E-state index contributed by atoms with van der Waals surface area (Å²) < 4.78 is 2.06. The van der Waals surface area contributed by atoms with Crippen molar-refractivity contribution in [1.29, 1.82) is 0 Å². The van der Waals surface area contributed by atoms with Crippen molar-refractivity contribution in [2.24, 2.45) is 0 Å². The second-order valence-electron chi connectivity index (χ2n) is 12.3. The number of benzene rings is 6. The Morgan fingerprint density at radius 2 is 0.900 bits per heavy atom. The Bertz CT molecular complexity index is 2440. The minimum absolute atomic E-state index is 0.529. The van der Waals surface area contributed by atoms with E-state index in [-0.39, 0.29) is 0 Å². The molecule has 9 aromatic rings. The molecular weight excluding hydrogens is 627 g/mol. The van der Waals surface area contributed by atoms with E-state index in [1.54, 1.807) is 0 Å². The summed E-state index contributed by atoms with van der Waals surface area (Å²) in [6.07, 6.45) is 1.82. The average Bonchev–Trinajstić information content (AvgIpc) is 3.54. The smallest absolute Gasteiger partial charge is 0.240 e. The molecule has 0 amide bonds. The Hall–Kier alpha value is -6.50. The van der Waals surface area contributed by atoms with Crippen LogP contribution < -0.4 is 20.7 Å². The molecule has 0 unspecified atom stereocenters. The summed E-state index contributed by atoms with van der Waals surface area (Å²) in [5.74, 6) is 1.74. The molecule has 6 heteroatoms. The first kappa shape index (κ1) is 29.6. The molecule has 0 atom stereocenters. The highest BCUT2D eigenvalue weighted by Crippen LogP contribution is 2.31. The highest BCUT2D eigenvalue weighted by Gasteiger charge is 2.41. The van der Waals surface area contributed by atoms with Crippen LogP contribution >= 0.6 is 0 Å². The van der Waals surface area contributed by atoms with E-state index in [4.69, 9.17) is 19.9 Å². The normalized spacial score (nSPS) is 11.6. The van der Waals surface area contributed by atoms with Crippen LogP contribution in [0.3, 0.4) is 0 Å². The van der Waals surface area contributed by atoms with Crippen molar-refractivity contribution in [3.8, 4) is 28.7 Å². The van der Waals surface area contributed by atoms with Gasteiger partial charge in [0.05, 0.1) is 5.52 Å². The Morgan fingerprint density at radius 3 is 1.54 bits per heavy atom. The number of nitrogens with zero attached hydrogens (tertiary/aromatic N) is 5. The molecule has 0 bridgehead atoms. The van der Waals surface area contributed by atoms with Crippen LogP contribution in [-0.2, 0) is 0 Å². The Labute approximate surface area is 291 Å². The molecule has 3 aromatic heterocycles. The largest absolute Gasteiger partial charge is 0.262 e. The minimum Gasteiger partial charge on any atom is -0.262 e. The predicted molar refractivity (Wildman–Crippen MR) is 206 cm³/mol. The van der Waals surface area contributed by atoms with Gasteiger partial charge in [0.1, 0.15) is 5.65 Å². The van der Waals surface area contributed by atoms with Crippen molar-refractivity contribution in [2.45, 2.75) is 0 Å². The number of para-hydroxylation sites is 1. The van der Waals surface area contributed by atoms with E-state index in [1.165, 1.54) is 20.7 Å². The van der Waals surface area contributed by atoms with Gasteiger partial charge in [-0.05, 0) is 38.9 Å². The van der Waals surface area contributed by atoms with Crippen molar-refractivity contribution in [2.75, 3.05) is 0 Å². The molecule has 236 valence electrons. The molecular formula is C44H31N5Si. The van der Waals surface area contributed by atoms with Crippen LogP contribution in [-0.4, -0.2) is 32.6 Å². The fourth-order valence-electron chi connectivity index (χ4n) is 7.26. The first-order valence-corrected chi connectivity index (χ1v) is 18.7. The number of hydrogen-bond donors (Lipinski definition) is 0. The lowest BCUT2D eigenvalue weighted by Gasteiger charge is -2.34. The van der Waals surface area contributed by atoms with Crippen LogP contribution in [0.5, 0.6) is 0 Å². The Balaban J connectivity index is 1.32. The molecule has 0 saturated carbocycles. The van der Waals surface area contributed by atoms with E-state index in [9.17, 15) is 0 Å². The fraction of sp³-hybridized carbons (Fsp3) is 0. The average molecular weight is 658 g/mol. The fourth-order valence-corrected chi connectivity index (χ4v) is 12.1. The molecule has 0 saturated heterocycles. The zero-order valence-electron chi connectivity index (χ0n) is 27.1. The highest BCUT2D eigenvalue weighted by atomic mass is 28.3. The molecule has 0 radical (unpaired) electrons. The van der Waals surface area contributed by atoms with Gasteiger partial charge in [0.25, 0.3) is 0 Å². The molecule has 0 N–H and O–H groups in total. The molecule has 0 aliphatic heterocycles. The van der Waals surface area contributed by atoms with Crippen molar-refractivity contribution in [3.63, 3.8) is 0 Å². The summed E-state index contributed by atoms with van der Waals surface area (Å²) in [5, 5.41) is 7.34.